The van der Waals surface area contributed by atoms with E-state index in [0.29, 0.717) is 12.4 Å². The quantitative estimate of drug-likeness (QED) is 0.658. The van der Waals surface area contributed by atoms with Crippen LogP contribution in [0.4, 0.5) is 5.69 Å². The SMILES string of the molecule is C[C@@]1(NC(=O)COc2ccc([N+](=O)[O-])cc2)CCCOC1. The van der Waals surface area contributed by atoms with Crippen molar-refractivity contribution in [2.24, 2.45) is 0 Å². The monoisotopic (exact) mass is 294 g/mol. The fourth-order valence-corrected chi connectivity index (χ4v) is 2.22. The first-order valence-corrected chi connectivity index (χ1v) is 6.75. The molecule has 0 radical (unpaired) electrons. The number of nitrogens with one attached hydrogen (secondary N) is 1. The van der Waals surface area contributed by atoms with Crippen LogP contribution in [0.1, 0.15) is 19.8 Å². The predicted molar refractivity (Wildman–Crippen MR) is 75.2 cm³/mol. The summed E-state index contributed by atoms with van der Waals surface area (Å²) in [5.41, 5.74) is -0.368. The second kappa shape index (κ2) is 6.53. The highest BCUT2D eigenvalue weighted by Crippen LogP contribution is 2.19. The van der Waals surface area contributed by atoms with Gasteiger partial charge in [-0.2, -0.15) is 0 Å². The maximum Gasteiger partial charge on any atom is 0.269 e. The number of amides is 1. The number of nitro benzene ring substituents is 1. The van der Waals surface area contributed by atoms with Crippen molar-refractivity contribution in [3.63, 3.8) is 0 Å². The Morgan fingerprint density at radius 1 is 1.48 bits per heavy atom. The zero-order valence-electron chi connectivity index (χ0n) is 11.8. The number of hydrogen-bond acceptors (Lipinski definition) is 5. The van der Waals surface area contributed by atoms with E-state index < -0.39 is 4.92 Å². The molecule has 1 aromatic carbocycles. The van der Waals surface area contributed by atoms with Crippen molar-refractivity contribution in [1.29, 1.82) is 0 Å². The Morgan fingerprint density at radius 2 is 2.19 bits per heavy atom. The van der Waals surface area contributed by atoms with E-state index in [1.807, 2.05) is 6.92 Å². The van der Waals surface area contributed by atoms with Crippen LogP contribution >= 0.6 is 0 Å². The molecule has 114 valence electrons. The Morgan fingerprint density at radius 3 is 2.76 bits per heavy atom. The van der Waals surface area contributed by atoms with Gasteiger partial charge in [0.25, 0.3) is 11.6 Å². The Hall–Kier alpha value is -2.15. The molecule has 1 amide bonds. The fraction of sp³-hybridized carbons (Fsp3) is 0.500. The number of carbonyl (C=O) groups excluding carboxylic acids is 1. The largest absolute Gasteiger partial charge is 0.484 e. The summed E-state index contributed by atoms with van der Waals surface area (Å²) in [6.07, 6.45) is 1.79. The smallest absolute Gasteiger partial charge is 0.269 e. The van der Waals surface area contributed by atoms with E-state index in [1.54, 1.807) is 0 Å². The lowest BCUT2D eigenvalue weighted by molar-refractivity contribution is -0.384. The van der Waals surface area contributed by atoms with Crippen LogP contribution in [-0.2, 0) is 9.53 Å². The van der Waals surface area contributed by atoms with Crippen molar-refractivity contribution >= 4 is 11.6 Å². The van der Waals surface area contributed by atoms with E-state index in [0.717, 1.165) is 19.4 Å². The summed E-state index contributed by atoms with van der Waals surface area (Å²) in [4.78, 5) is 21.9. The maximum atomic E-state index is 11.9. The summed E-state index contributed by atoms with van der Waals surface area (Å²) in [5.74, 6) is 0.183. The van der Waals surface area contributed by atoms with Gasteiger partial charge in [0, 0.05) is 18.7 Å². The Bertz CT molecular complexity index is 509. The molecule has 2 rings (SSSR count). The third kappa shape index (κ3) is 4.42. The Balaban J connectivity index is 1.82. The van der Waals surface area contributed by atoms with Crippen molar-refractivity contribution in [2.75, 3.05) is 19.8 Å². The molecule has 21 heavy (non-hydrogen) atoms. The van der Waals surface area contributed by atoms with Gasteiger partial charge in [0.05, 0.1) is 17.1 Å². The zero-order chi connectivity index (χ0) is 15.3. The van der Waals surface area contributed by atoms with Crippen molar-refractivity contribution in [3.05, 3.63) is 34.4 Å². The molecule has 0 aliphatic carbocycles. The molecule has 1 saturated heterocycles. The van der Waals surface area contributed by atoms with Crippen LogP contribution in [0, 0.1) is 10.1 Å². The minimum atomic E-state index is -0.486. The second-order valence-electron chi connectivity index (χ2n) is 5.30. The van der Waals surface area contributed by atoms with E-state index in [-0.39, 0.29) is 23.7 Å². The van der Waals surface area contributed by atoms with Crippen LogP contribution < -0.4 is 10.1 Å². The van der Waals surface area contributed by atoms with Gasteiger partial charge < -0.3 is 14.8 Å². The lowest BCUT2D eigenvalue weighted by atomic mass is 9.95. The van der Waals surface area contributed by atoms with Crippen molar-refractivity contribution in [1.82, 2.24) is 5.32 Å². The minimum Gasteiger partial charge on any atom is -0.484 e. The van der Waals surface area contributed by atoms with Gasteiger partial charge in [0.15, 0.2) is 6.61 Å². The molecular formula is C14H18N2O5. The molecule has 1 N–H and O–H groups in total. The molecular weight excluding hydrogens is 276 g/mol. The van der Waals surface area contributed by atoms with E-state index >= 15 is 0 Å². The molecule has 0 aromatic heterocycles. The van der Waals surface area contributed by atoms with Crippen molar-refractivity contribution in [3.8, 4) is 5.75 Å². The molecule has 7 nitrogen and oxygen atoms in total. The Kier molecular flexibility index (Phi) is 4.74. The summed E-state index contributed by atoms with van der Waals surface area (Å²) in [6.45, 7) is 3.03. The molecule has 0 unspecified atom stereocenters. The highest BCUT2D eigenvalue weighted by Gasteiger charge is 2.29. The van der Waals surface area contributed by atoms with Crippen molar-refractivity contribution in [2.45, 2.75) is 25.3 Å². The van der Waals surface area contributed by atoms with Crippen LogP contribution in [0.3, 0.4) is 0 Å². The molecule has 0 spiro atoms. The van der Waals surface area contributed by atoms with Gasteiger partial charge in [0.2, 0.25) is 0 Å². The van der Waals surface area contributed by atoms with Crippen LogP contribution in [0.15, 0.2) is 24.3 Å². The summed E-state index contributed by atoms with van der Waals surface area (Å²) in [7, 11) is 0. The number of nitro groups is 1. The minimum absolute atomic E-state index is 0.0151. The second-order valence-corrected chi connectivity index (χ2v) is 5.30. The summed E-state index contributed by atoms with van der Waals surface area (Å²) >= 11 is 0. The first-order valence-electron chi connectivity index (χ1n) is 6.75. The maximum absolute atomic E-state index is 11.9. The van der Waals surface area contributed by atoms with Gasteiger partial charge >= 0.3 is 0 Å². The first-order chi connectivity index (χ1) is 9.98. The van der Waals surface area contributed by atoms with Crippen LogP contribution in [0.25, 0.3) is 0 Å². The third-order valence-corrected chi connectivity index (χ3v) is 3.30. The zero-order valence-corrected chi connectivity index (χ0v) is 11.8. The molecule has 1 fully saturated rings. The van der Waals surface area contributed by atoms with E-state index in [1.165, 1.54) is 24.3 Å². The lowest BCUT2D eigenvalue weighted by Crippen LogP contribution is -2.52. The molecule has 1 aromatic rings. The third-order valence-electron chi connectivity index (χ3n) is 3.30. The van der Waals surface area contributed by atoms with Gasteiger partial charge in [0.1, 0.15) is 5.75 Å². The topological polar surface area (TPSA) is 90.7 Å². The molecule has 1 heterocycles. The summed E-state index contributed by atoms with van der Waals surface area (Å²) < 4.78 is 10.7. The number of carbonyl (C=O) groups is 1. The number of hydrogen-bond donors (Lipinski definition) is 1. The van der Waals surface area contributed by atoms with Crippen LogP contribution in [0.5, 0.6) is 5.75 Å². The van der Waals surface area contributed by atoms with E-state index in [4.69, 9.17) is 9.47 Å². The van der Waals surface area contributed by atoms with E-state index in [2.05, 4.69) is 5.32 Å². The average molecular weight is 294 g/mol. The van der Waals surface area contributed by atoms with E-state index in [9.17, 15) is 14.9 Å². The van der Waals surface area contributed by atoms with Gasteiger partial charge in [-0.15, -0.1) is 0 Å². The van der Waals surface area contributed by atoms with Gasteiger partial charge in [-0.05, 0) is 31.9 Å². The molecule has 7 heteroatoms. The molecule has 1 aliphatic rings. The highest BCUT2D eigenvalue weighted by molar-refractivity contribution is 5.78. The molecule has 1 aliphatic heterocycles. The van der Waals surface area contributed by atoms with Gasteiger partial charge in [-0.3, -0.25) is 14.9 Å². The Labute approximate surface area is 122 Å². The number of ether oxygens (including phenoxy) is 2. The number of rotatable bonds is 5. The lowest BCUT2D eigenvalue weighted by Gasteiger charge is -2.34. The average Bonchev–Trinajstić information content (AvgIpc) is 2.46. The summed E-state index contributed by atoms with van der Waals surface area (Å²) in [6, 6.07) is 5.61. The number of nitrogens with zero attached hydrogens (tertiary/aromatic N) is 1. The predicted octanol–water partition coefficient (Wildman–Crippen LogP) is 1.66. The van der Waals surface area contributed by atoms with Gasteiger partial charge in [-0.25, -0.2) is 0 Å². The highest BCUT2D eigenvalue weighted by atomic mass is 16.6. The van der Waals surface area contributed by atoms with Crippen molar-refractivity contribution < 1.29 is 19.2 Å². The molecule has 1 atom stereocenters. The molecule has 0 saturated carbocycles. The van der Waals surface area contributed by atoms with Crippen LogP contribution in [-0.4, -0.2) is 36.2 Å². The standard InChI is InChI=1S/C14H18N2O5/c1-14(7-2-8-20-10-14)15-13(17)9-21-12-5-3-11(4-6-12)16(18)19/h3-6H,2,7-10H2,1H3,(H,15,17)/t14-/m1/s1. The summed E-state index contributed by atoms with van der Waals surface area (Å²) in [5, 5.41) is 13.4. The first kappa shape index (κ1) is 15.2. The number of benzene rings is 1. The van der Waals surface area contributed by atoms with Gasteiger partial charge in [-0.1, -0.05) is 0 Å². The fourth-order valence-electron chi connectivity index (χ4n) is 2.22. The molecule has 0 bridgehead atoms. The normalized spacial score (nSPS) is 21.6. The van der Waals surface area contributed by atoms with Crippen LogP contribution in [0.2, 0.25) is 0 Å². The number of non-ortho nitro benzene ring substituents is 1.